The molecule has 1 aliphatic rings. The van der Waals surface area contributed by atoms with E-state index in [0.717, 1.165) is 32.1 Å². The van der Waals surface area contributed by atoms with E-state index < -0.39 is 0 Å². The van der Waals surface area contributed by atoms with Gasteiger partial charge in [0.25, 0.3) is 0 Å². The zero-order valence-corrected chi connectivity index (χ0v) is 11.9. The molecule has 1 aromatic rings. The first-order valence-electron chi connectivity index (χ1n) is 6.92. The van der Waals surface area contributed by atoms with Gasteiger partial charge >= 0.3 is 0 Å². The van der Waals surface area contributed by atoms with Crippen molar-refractivity contribution in [2.75, 3.05) is 39.5 Å². The standard InChI is InChI=1S/C15H24N2O2/c1-12-7-13(2)9-15(8-12)19-11-14(10-16)17-3-5-18-6-4-17/h7-9,14H,3-6,10-11,16H2,1-2H3. The topological polar surface area (TPSA) is 47.7 Å². The van der Waals surface area contributed by atoms with Crippen molar-refractivity contribution in [2.45, 2.75) is 19.9 Å². The number of morpholine rings is 1. The molecule has 0 aromatic heterocycles. The van der Waals surface area contributed by atoms with E-state index in [9.17, 15) is 0 Å². The van der Waals surface area contributed by atoms with Crippen LogP contribution < -0.4 is 10.5 Å². The maximum absolute atomic E-state index is 5.91. The minimum absolute atomic E-state index is 0.268. The number of hydrogen-bond acceptors (Lipinski definition) is 4. The third kappa shape index (κ3) is 4.20. The van der Waals surface area contributed by atoms with Gasteiger partial charge in [0.15, 0.2) is 0 Å². The van der Waals surface area contributed by atoms with Crippen LogP contribution in [0.3, 0.4) is 0 Å². The molecule has 1 fully saturated rings. The maximum atomic E-state index is 5.91. The monoisotopic (exact) mass is 264 g/mol. The zero-order chi connectivity index (χ0) is 13.7. The molecule has 1 aliphatic heterocycles. The highest BCUT2D eigenvalue weighted by atomic mass is 16.5. The number of ether oxygens (including phenoxy) is 2. The second kappa shape index (κ2) is 6.89. The number of benzene rings is 1. The molecule has 0 saturated carbocycles. The summed E-state index contributed by atoms with van der Waals surface area (Å²) in [7, 11) is 0. The Hall–Kier alpha value is -1.10. The van der Waals surface area contributed by atoms with Crippen molar-refractivity contribution in [1.29, 1.82) is 0 Å². The lowest BCUT2D eigenvalue weighted by Crippen LogP contribution is -2.49. The lowest BCUT2D eigenvalue weighted by Gasteiger charge is -2.33. The highest BCUT2D eigenvalue weighted by Gasteiger charge is 2.20. The minimum Gasteiger partial charge on any atom is -0.492 e. The quantitative estimate of drug-likeness (QED) is 0.872. The fourth-order valence-corrected chi connectivity index (χ4v) is 2.47. The molecule has 2 N–H and O–H groups in total. The van der Waals surface area contributed by atoms with E-state index >= 15 is 0 Å². The normalized spacial score (nSPS) is 18.3. The highest BCUT2D eigenvalue weighted by Crippen LogP contribution is 2.17. The van der Waals surface area contributed by atoms with Crippen molar-refractivity contribution in [3.63, 3.8) is 0 Å². The molecule has 0 spiro atoms. The van der Waals surface area contributed by atoms with E-state index in [1.807, 2.05) is 0 Å². The van der Waals surface area contributed by atoms with Crippen molar-refractivity contribution in [3.8, 4) is 5.75 Å². The fraction of sp³-hybridized carbons (Fsp3) is 0.600. The lowest BCUT2D eigenvalue weighted by molar-refractivity contribution is 0.00823. The molecule has 0 aliphatic carbocycles. The van der Waals surface area contributed by atoms with Crippen LogP contribution in [0.5, 0.6) is 5.75 Å². The summed E-state index contributed by atoms with van der Waals surface area (Å²) in [6, 6.07) is 6.55. The second-order valence-electron chi connectivity index (χ2n) is 5.17. The largest absolute Gasteiger partial charge is 0.492 e. The van der Waals surface area contributed by atoms with Crippen LogP contribution in [-0.2, 0) is 4.74 Å². The summed E-state index contributed by atoms with van der Waals surface area (Å²) in [5, 5.41) is 0. The SMILES string of the molecule is Cc1cc(C)cc(OCC(CN)N2CCOCC2)c1. The summed E-state index contributed by atoms with van der Waals surface area (Å²) in [6.45, 7) is 8.89. The Morgan fingerprint density at radius 1 is 1.21 bits per heavy atom. The van der Waals surface area contributed by atoms with Crippen LogP contribution in [0.15, 0.2) is 18.2 Å². The van der Waals surface area contributed by atoms with Crippen LogP contribution >= 0.6 is 0 Å². The van der Waals surface area contributed by atoms with E-state index in [0.29, 0.717) is 13.2 Å². The van der Waals surface area contributed by atoms with Crippen LogP contribution in [0, 0.1) is 13.8 Å². The second-order valence-corrected chi connectivity index (χ2v) is 5.17. The van der Waals surface area contributed by atoms with Gasteiger partial charge in [-0.1, -0.05) is 6.07 Å². The third-order valence-corrected chi connectivity index (χ3v) is 3.47. The van der Waals surface area contributed by atoms with E-state index in [-0.39, 0.29) is 6.04 Å². The number of rotatable bonds is 5. The molecule has 1 heterocycles. The van der Waals surface area contributed by atoms with Crippen molar-refractivity contribution in [3.05, 3.63) is 29.3 Å². The Balaban J connectivity index is 1.91. The molecule has 0 bridgehead atoms. The van der Waals surface area contributed by atoms with Gasteiger partial charge < -0.3 is 15.2 Å². The molecule has 0 amide bonds. The van der Waals surface area contributed by atoms with Gasteiger partial charge in [-0.2, -0.15) is 0 Å². The number of hydrogen-bond donors (Lipinski definition) is 1. The Bertz CT molecular complexity index is 383. The first-order valence-corrected chi connectivity index (χ1v) is 6.92. The summed E-state index contributed by atoms with van der Waals surface area (Å²) in [5.41, 5.74) is 8.32. The minimum atomic E-state index is 0.268. The molecule has 1 atom stereocenters. The Morgan fingerprint density at radius 2 is 1.84 bits per heavy atom. The van der Waals surface area contributed by atoms with Crippen LogP contribution in [0.4, 0.5) is 0 Å². The summed E-state index contributed by atoms with van der Waals surface area (Å²) >= 11 is 0. The summed E-state index contributed by atoms with van der Waals surface area (Å²) in [4.78, 5) is 2.35. The molecule has 4 nitrogen and oxygen atoms in total. The van der Waals surface area contributed by atoms with E-state index in [1.54, 1.807) is 0 Å². The Kier molecular flexibility index (Phi) is 5.19. The highest BCUT2D eigenvalue weighted by molar-refractivity contribution is 5.33. The number of aryl methyl sites for hydroxylation is 2. The molecular formula is C15H24N2O2. The van der Waals surface area contributed by atoms with Gasteiger partial charge in [0.05, 0.1) is 19.3 Å². The molecule has 106 valence electrons. The smallest absolute Gasteiger partial charge is 0.119 e. The number of nitrogens with two attached hydrogens (primary N) is 1. The summed E-state index contributed by atoms with van der Waals surface area (Å²) in [6.07, 6.45) is 0. The van der Waals surface area contributed by atoms with Gasteiger partial charge in [0.1, 0.15) is 12.4 Å². The molecule has 4 heteroatoms. The lowest BCUT2D eigenvalue weighted by atomic mass is 10.1. The average Bonchev–Trinajstić information content (AvgIpc) is 2.39. The predicted octanol–water partition coefficient (Wildman–Crippen LogP) is 1.34. The van der Waals surface area contributed by atoms with Gasteiger partial charge in [-0.25, -0.2) is 0 Å². The summed E-state index contributed by atoms with van der Waals surface area (Å²) < 4.78 is 11.3. The zero-order valence-electron chi connectivity index (χ0n) is 11.9. The number of nitrogens with zero attached hydrogens (tertiary/aromatic N) is 1. The molecule has 19 heavy (non-hydrogen) atoms. The van der Waals surface area contributed by atoms with Crippen LogP contribution in [0.1, 0.15) is 11.1 Å². The van der Waals surface area contributed by atoms with Gasteiger partial charge in [-0.05, 0) is 37.1 Å². The van der Waals surface area contributed by atoms with Crippen molar-refractivity contribution < 1.29 is 9.47 Å². The summed E-state index contributed by atoms with van der Waals surface area (Å²) in [5.74, 6) is 0.934. The van der Waals surface area contributed by atoms with Crippen LogP contribution in [0.2, 0.25) is 0 Å². The molecular weight excluding hydrogens is 240 g/mol. The first kappa shape index (κ1) is 14.3. The Morgan fingerprint density at radius 3 is 2.42 bits per heavy atom. The molecule has 0 radical (unpaired) electrons. The Labute approximate surface area is 115 Å². The predicted molar refractivity (Wildman–Crippen MR) is 76.6 cm³/mol. The van der Waals surface area contributed by atoms with Gasteiger partial charge in [0, 0.05) is 19.6 Å². The van der Waals surface area contributed by atoms with Gasteiger partial charge in [0.2, 0.25) is 0 Å². The van der Waals surface area contributed by atoms with E-state index in [4.69, 9.17) is 15.2 Å². The molecule has 1 aromatic carbocycles. The van der Waals surface area contributed by atoms with Gasteiger partial charge in [-0.3, -0.25) is 4.90 Å². The first-order chi connectivity index (χ1) is 9.19. The van der Waals surface area contributed by atoms with Crippen LogP contribution in [0.25, 0.3) is 0 Å². The molecule has 2 rings (SSSR count). The third-order valence-electron chi connectivity index (χ3n) is 3.47. The van der Waals surface area contributed by atoms with E-state index in [1.165, 1.54) is 11.1 Å². The average molecular weight is 264 g/mol. The molecule has 1 unspecified atom stereocenters. The van der Waals surface area contributed by atoms with Crippen molar-refractivity contribution in [1.82, 2.24) is 4.90 Å². The van der Waals surface area contributed by atoms with Crippen LogP contribution in [-0.4, -0.2) is 50.4 Å². The van der Waals surface area contributed by atoms with E-state index in [2.05, 4.69) is 36.9 Å². The molecule has 1 saturated heterocycles. The maximum Gasteiger partial charge on any atom is 0.119 e. The fourth-order valence-electron chi connectivity index (χ4n) is 2.47. The van der Waals surface area contributed by atoms with Crippen molar-refractivity contribution in [2.24, 2.45) is 5.73 Å². The van der Waals surface area contributed by atoms with Crippen molar-refractivity contribution >= 4 is 0 Å². The van der Waals surface area contributed by atoms with Gasteiger partial charge in [-0.15, -0.1) is 0 Å².